The van der Waals surface area contributed by atoms with E-state index >= 15 is 0 Å². The van der Waals surface area contributed by atoms with Crippen LogP contribution in [0.3, 0.4) is 0 Å². The van der Waals surface area contributed by atoms with Crippen LogP contribution in [0.25, 0.3) is 0 Å². The van der Waals surface area contributed by atoms with E-state index in [-0.39, 0.29) is 11.0 Å². The second-order valence-corrected chi connectivity index (χ2v) is 7.81. The molecule has 0 saturated carbocycles. The zero-order chi connectivity index (χ0) is 15.5. The van der Waals surface area contributed by atoms with Gasteiger partial charge in [0.2, 0.25) is 0 Å². The van der Waals surface area contributed by atoms with Crippen molar-refractivity contribution in [3.8, 4) is 0 Å². The van der Waals surface area contributed by atoms with Crippen LogP contribution < -0.4 is 4.72 Å². The minimum absolute atomic E-state index is 0.0988. The maximum atomic E-state index is 12.3. The van der Waals surface area contributed by atoms with Gasteiger partial charge in [-0.1, -0.05) is 12.1 Å². The first-order valence-corrected chi connectivity index (χ1v) is 8.82. The molecule has 114 valence electrons. The van der Waals surface area contributed by atoms with Gasteiger partial charge in [0.15, 0.2) is 5.13 Å². The summed E-state index contributed by atoms with van der Waals surface area (Å²) in [5, 5.41) is 0.372. The van der Waals surface area contributed by atoms with Gasteiger partial charge in [0.1, 0.15) is 0 Å². The van der Waals surface area contributed by atoms with Gasteiger partial charge in [0.25, 0.3) is 10.0 Å². The van der Waals surface area contributed by atoms with Crippen molar-refractivity contribution in [2.45, 2.75) is 38.4 Å². The van der Waals surface area contributed by atoms with Crippen LogP contribution in [0.15, 0.2) is 35.4 Å². The van der Waals surface area contributed by atoms with Crippen LogP contribution in [0.5, 0.6) is 0 Å². The number of thiazole rings is 1. The van der Waals surface area contributed by atoms with Crippen molar-refractivity contribution in [1.82, 2.24) is 4.98 Å². The van der Waals surface area contributed by atoms with Crippen LogP contribution in [0.4, 0.5) is 5.13 Å². The molecule has 1 aromatic carbocycles. The van der Waals surface area contributed by atoms with E-state index in [0.717, 1.165) is 10.4 Å². The largest absolute Gasteiger partial charge is 0.374 e. The quantitative estimate of drug-likeness (QED) is 0.885. The van der Waals surface area contributed by atoms with E-state index in [1.165, 1.54) is 11.3 Å². The Morgan fingerprint density at radius 3 is 2.76 bits per heavy atom. The van der Waals surface area contributed by atoms with E-state index in [1.807, 2.05) is 26.8 Å². The molecule has 1 aromatic heterocycles. The summed E-state index contributed by atoms with van der Waals surface area (Å²) in [7, 11) is -3.62. The molecule has 7 heteroatoms. The Kier molecular flexibility index (Phi) is 4.97. The second kappa shape index (κ2) is 6.55. The SMILES string of the molecule is Cc1cnc(NS(=O)(=O)c2cccc(COC(C)C)c2)s1. The lowest BCUT2D eigenvalue weighted by Crippen LogP contribution is -2.13. The molecule has 0 bridgehead atoms. The van der Waals surface area contributed by atoms with Crippen LogP contribution in [0.1, 0.15) is 24.3 Å². The molecule has 2 rings (SSSR count). The molecule has 0 aliphatic carbocycles. The Morgan fingerprint density at radius 2 is 2.14 bits per heavy atom. The number of nitrogens with zero attached hydrogens (tertiary/aromatic N) is 1. The third-order valence-electron chi connectivity index (χ3n) is 2.64. The van der Waals surface area contributed by atoms with Crippen LogP contribution in [-0.4, -0.2) is 19.5 Å². The number of aryl methyl sites for hydroxylation is 1. The Labute approximate surface area is 129 Å². The summed E-state index contributed by atoms with van der Waals surface area (Å²) < 4.78 is 32.6. The zero-order valence-corrected chi connectivity index (χ0v) is 13.8. The first-order chi connectivity index (χ1) is 9.87. The smallest absolute Gasteiger partial charge is 0.263 e. The Balaban J connectivity index is 2.17. The van der Waals surface area contributed by atoms with Gasteiger partial charge in [-0.3, -0.25) is 4.72 Å². The number of hydrogen-bond acceptors (Lipinski definition) is 5. The molecule has 21 heavy (non-hydrogen) atoms. The molecular weight excluding hydrogens is 308 g/mol. The van der Waals surface area contributed by atoms with Crippen molar-refractivity contribution in [2.75, 3.05) is 4.72 Å². The van der Waals surface area contributed by atoms with E-state index in [9.17, 15) is 8.42 Å². The van der Waals surface area contributed by atoms with Crippen molar-refractivity contribution >= 4 is 26.5 Å². The van der Waals surface area contributed by atoms with Gasteiger partial charge in [0.05, 0.1) is 17.6 Å². The lowest BCUT2D eigenvalue weighted by Gasteiger charge is -2.09. The summed E-state index contributed by atoms with van der Waals surface area (Å²) in [5.41, 5.74) is 0.821. The molecule has 0 unspecified atom stereocenters. The first-order valence-electron chi connectivity index (χ1n) is 6.52. The fourth-order valence-corrected chi connectivity index (χ4v) is 3.62. The summed E-state index contributed by atoms with van der Waals surface area (Å²) in [5.74, 6) is 0. The molecular formula is C14H18N2O3S2. The summed E-state index contributed by atoms with van der Waals surface area (Å²) in [6.45, 7) is 6.14. The molecule has 5 nitrogen and oxygen atoms in total. The standard InChI is InChI=1S/C14H18N2O3S2/c1-10(2)19-9-12-5-4-6-13(7-12)21(17,18)16-14-15-8-11(3)20-14/h4-8,10H,9H2,1-3H3,(H,15,16). The molecule has 0 atom stereocenters. The highest BCUT2D eigenvalue weighted by molar-refractivity contribution is 7.93. The Bertz CT molecular complexity index is 709. The average Bonchev–Trinajstić information content (AvgIpc) is 2.81. The van der Waals surface area contributed by atoms with Gasteiger partial charge in [0, 0.05) is 11.1 Å². The Hall–Kier alpha value is -1.44. The van der Waals surface area contributed by atoms with Crippen molar-refractivity contribution in [3.05, 3.63) is 40.9 Å². The molecule has 0 spiro atoms. The molecule has 0 aliphatic heterocycles. The van der Waals surface area contributed by atoms with Gasteiger partial charge in [-0.15, -0.1) is 11.3 Å². The average molecular weight is 326 g/mol. The molecule has 0 amide bonds. The molecule has 0 fully saturated rings. The third-order valence-corrected chi connectivity index (χ3v) is 4.93. The van der Waals surface area contributed by atoms with Gasteiger partial charge in [-0.25, -0.2) is 13.4 Å². The summed E-state index contributed by atoms with van der Waals surface area (Å²) in [6, 6.07) is 6.72. The van der Waals surface area contributed by atoms with Crippen LogP contribution in [0.2, 0.25) is 0 Å². The minimum Gasteiger partial charge on any atom is -0.374 e. The van der Waals surface area contributed by atoms with Gasteiger partial charge < -0.3 is 4.74 Å². The van der Waals surface area contributed by atoms with Crippen molar-refractivity contribution in [2.24, 2.45) is 0 Å². The fourth-order valence-electron chi connectivity index (χ4n) is 1.64. The monoisotopic (exact) mass is 326 g/mol. The molecule has 1 N–H and O–H groups in total. The maximum Gasteiger partial charge on any atom is 0.263 e. The number of anilines is 1. The van der Waals surface area contributed by atoms with Crippen molar-refractivity contribution in [1.29, 1.82) is 0 Å². The topological polar surface area (TPSA) is 68.3 Å². The van der Waals surface area contributed by atoms with Crippen LogP contribution >= 0.6 is 11.3 Å². The van der Waals surface area contributed by atoms with Crippen LogP contribution in [-0.2, 0) is 21.4 Å². The number of hydrogen-bond donors (Lipinski definition) is 1. The predicted octanol–water partition coefficient (Wildman–Crippen LogP) is 3.18. The second-order valence-electron chi connectivity index (χ2n) is 4.89. The molecule has 0 saturated heterocycles. The third kappa shape index (κ3) is 4.52. The van der Waals surface area contributed by atoms with E-state index in [4.69, 9.17) is 4.74 Å². The van der Waals surface area contributed by atoms with E-state index < -0.39 is 10.0 Å². The number of rotatable bonds is 6. The molecule has 0 radical (unpaired) electrons. The van der Waals surface area contributed by atoms with Crippen molar-refractivity contribution < 1.29 is 13.2 Å². The lowest BCUT2D eigenvalue weighted by atomic mass is 10.2. The minimum atomic E-state index is -3.62. The number of sulfonamides is 1. The molecule has 0 aliphatic rings. The van der Waals surface area contributed by atoms with Gasteiger partial charge in [-0.2, -0.15) is 0 Å². The summed E-state index contributed by atoms with van der Waals surface area (Å²) in [4.78, 5) is 5.17. The first kappa shape index (κ1) is 15.9. The molecule has 1 heterocycles. The van der Waals surface area contributed by atoms with E-state index in [0.29, 0.717) is 11.7 Å². The summed E-state index contributed by atoms with van der Waals surface area (Å²) >= 11 is 1.30. The highest BCUT2D eigenvalue weighted by atomic mass is 32.2. The van der Waals surface area contributed by atoms with Gasteiger partial charge in [-0.05, 0) is 38.5 Å². The predicted molar refractivity (Wildman–Crippen MR) is 84.0 cm³/mol. The fraction of sp³-hybridized carbons (Fsp3) is 0.357. The molecule has 2 aromatic rings. The van der Waals surface area contributed by atoms with Crippen LogP contribution in [0, 0.1) is 6.92 Å². The van der Waals surface area contributed by atoms with E-state index in [1.54, 1.807) is 24.4 Å². The number of benzene rings is 1. The number of ether oxygens (including phenoxy) is 1. The maximum absolute atomic E-state index is 12.3. The highest BCUT2D eigenvalue weighted by Gasteiger charge is 2.16. The number of nitrogens with one attached hydrogen (secondary N) is 1. The van der Waals surface area contributed by atoms with Gasteiger partial charge >= 0.3 is 0 Å². The summed E-state index contributed by atoms with van der Waals surface area (Å²) in [6.07, 6.45) is 1.73. The van der Waals surface area contributed by atoms with E-state index in [2.05, 4.69) is 9.71 Å². The highest BCUT2D eigenvalue weighted by Crippen LogP contribution is 2.21. The zero-order valence-electron chi connectivity index (χ0n) is 12.2. The number of aromatic nitrogens is 1. The van der Waals surface area contributed by atoms with Crippen molar-refractivity contribution in [3.63, 3.8) is 0 Å². The Morgan fingerprint density at radius 1 is 1.38 bits per heavy atom. The lowest BCUT2D eigenvalue weighted by molar-refractivity contribution is 0.0656. The normalized spacial score (nSPS) is 11.8.